The minimum atomic E-state index is -0.895. The molecule has 1 unspecified atom stereocenters. The Kier molecular flexibility index (Phi) is 5.91. The third kappa shape index (κ3) is 4.62. The highest BCUT2D eigenvalue weighted by molar-refractivity contribution is 5.87. The van der Waals surface area contributed by atoms with E-state index in [1.807, 2.05) is 36.4 Å². The number of para-hydroxylation sites is 1. The lowest BCUT2D eigenvalue weighted by atomic mass is 9.93. The van der Waals surface area contributed by atoms with E-state index in [2.05, 4.69) is 4.90 Å². The first-order chi connectivity index (χ1) is 12.6. The van der Waals surface area contributed by atoms with Crippen molar-refractivity contribution in [2.24, 2.45) is 0 Å². The third-order valence-electron chi connectivity index (χ3n) is 4.88. The quantitative estimate of drug-likeness (QED) is 0.824. The van der Waals surface area contributed by atoms with Gasteiger partial charge in [0.2, 0.25) is 0 Å². The summed E-state index contributed by atoms with van der Waals surface area (Å²) in [5, 5.41) is 9.16. The Labute approximate surface area is 154 Å². The zero-order valence-corrected chi connectivity index (χ0v) is 15.1. The van der Waals surface area contributed by atoms with Crippen molar-refractivity contribution in [3.05, 3.63) is 65.7 Å². The Morgan fingerprint density at radius 3 is 2.73 bits per heavy atom. The van der Waals surface area contributed by atoms with Crippen LogP contribution < -0.4 is 4.74 Å². The van der Waals surface area contributed by atoms with Crippen LogP contribution in [-0.4, -0.2) is 48.4 Å². The van der Waals surface area contributed by atoms with Crippen LogP contribution >= 0.6 is 0 Å². The molecule has 0 aliphatic carbocycles. The molecule has 0 spiro atoms. The molecule has 138 valence electrons. The first-order valence-corrected chi connectivity index (χ1v) is 8.88. The zero-order valence-electron chi connectivity index (χ0n) is 15.1. The Morgan fingerprint density at radius 2 is 2.00 bits per heavy atom. The maximum atomic E-state index is 11.2. The van der Waals surface area contributed by atoms with Crippen LogP contribution in [0.1, 0.15) is 28.8 Å². The summed E-state index contributed by atoms with van der Waals surface area (Å²) in [4.78, 5) is 13.5. The van der Waals surface area contributed by atoms with Gasteiger partial charge in [0.25, 0.3) is 0 Å². The van der Waals surface area contributed by atoms with Gasteiger partial charge in [-0.2, -0.15) is 0 Å². The van der Waals surface area contributed by atoms with E-state index in [9.17, 15) is 4.79 Å². The molecule has 1 aliphatic heterocycles. The number of carbonyl (C=O) groups is 1. The number of carboxylic acid groups (broad SMARTS) is 1. The average molecular weight is 355 g/mol. The highest BCUT2D eigenvalue weighted by Gasteiger charge is 2.36. The molecule has 26 heavy (non-hydrogen) atoms. The van der Waals surface area contributed by atoms with Crippen molar-refractivity contribution in [2.45, 2.75) is 25.0 Å². The number of piperidine rings is 1. The largest absolute Gasteiger partial charge is 0.491 e. The van der Waals surface area contributed by atoms with E-state index in [0.29, 0.717) is 18.7 Å². The molecule has 0 aromatic heterocycles. The first kappa shape index (κ1) is 18.4. The van der Waals surface area contributed by atoms with Gasteiger partial charge in [-0.3, -0.25) is 4.90 Å². The molecule has 1 fully saturated rings. The number of hydrogen-bond donors (Lipinski definition) is 1. The monoisotopic (exact) mass is 355 g/mol. The van der Waals surface area contributed by atoms with Crippen molar-refractivity contribution < 1.29 is 19.4 Å². The van der Waals surface area contributed by atoms with Gasteiger partial charge >= 0.3 is 5.97 Å². The Bertz CT molecular complexity index is 734. The second-order valence-electron chi connectivity index (χ2n) is 6.81. The minimum absolute atomic E-state index is 0.324. The van der Waals surface area contributed by atoms with Crippen molar-refractivity contribution in [3.8, 4) is 5.75 Å². The van der Waals surface area contributed by atoms with Gasteiger partial charge in [0.15, 0.2) is 0 Å². The van der Waals surface area contributed by atoms with E-state index in [0.717, 1.165) is 37.2 Å². The highest BCUT2D eigenvalue weighted by Crippen LogP contribution is 2.27. The lowest BCUT2D eigenvalue weighted by Crippen LogP contribution is -2.52. The van der Waals surface area contributed by atoms with Crippen LogP contribution in [-0.2, 0) is 11.3 Å². The predicted molar refractivity (Wildman–Crippen MR) is 99.6 cm³/mol. The minimum Gasteiger partial charge on any atom is -0.491 e. The molecule has 5 heteroatoms. The van der Waals surface area contributed by atoms with E-state index >= 15 is 0 Å². The fourth-order valence-electron chi connectivity index (χ4n) is 3.46. The van der Waals surface area contributed by atoms with E-state index in [4.69, 9.17) is 14.6 Å². The van der Waals surface area contributed by atoms with E-state index in [-0.39, 0.29) is 5.60 Å². The van der Waals surface area contributed by atoms with Gasteiger partial charge in [-0.25, -0.2) is 4.79 Å². The van der Waals surface area contributed by atoms with Crippen LogP contribution in [0, 0.1) is 0 Å². The number of rotatable bonds is 7. The van der Waals surface area contributed by atoms with E-state index in [1.165, 1.54) is 0 Å². The smallest absolute Gasteiger partial charge is 0.335 e. The number of benzene rings is 2. The van der Waals surface area contributed by atoms with E-state index < -0.39 is 5.97 Å². The van der Waals surface area contributed by atoms with Crippen molar-refractivity contribution in [1.82, 2.24) is 4.90 Å². The summed E-state index contributed by atoms with van der Waals surface area (Å²) in [6, 6.07) is 16.9. The fourth-order valence-corrected chi connectivity index (χ4v) is 3.46. The van der Waals surface area contributed by atoms with Gasteiger partial charge in [-0.1, -0.05) is 30.3 Å². The summed E-state index contributed by atoms with van der Waals surface area (Å²) in [7, 11) is 1.74. The predicted octanol–water partition coefficient (Wildman–Crippen LogP) is 3.44. The summed E-state index contributed by atoms with van der Waals surface area (Å²) in [5.41, 5.74) is 0.976. The molecule has 0 bridgehead atoms. The molecule has 1 aliphatic rings. The molecule has 1 atom stereocenters. The van der Waals surface area contributed by atoms with Crippen molar-refractivity contribution in [3.63, 3.8) is 0 Å². The van der Waals surface area contributed by atoms with Gasteiger partial charge in [0.05, 0.1) is 5.56 Å². The number of aromatic carboxylic acids is 1. The summed E-state index contributed by atoms with van der Waals surface area (Å²) in [6.07, 6.45) is 1.96. The lowest BCUT2D eigenvalue weighted by Gasteiger charge is -2.41. The molecule has 0 radical (unpaired) electrons. The summed E-state index contributed by atoms with van der Waals surface area (Å²) < 4.78 is 11.8. The molecule has 2 aromatic carbocycles. The van der Waals surface area contributed by atoms with Gasteiger partial charge in [0, 0.05) is 20.2 Å². The Hall–Kier alpha value is -2.37. The van der Waals surface area contributed by atoms with Crippen LogP contribution in [0.4, 0.5) is 0 Å². The second-order valence-corrected chi connectivity index (χ2v) is 6.81. The van der Waals surface area contributed by atoms with Crippen LogP contribution in [0.25, 0.3) is 0 Å². The normalized spacial score (nSPS) is 20.7. The van der Waals surface area contributed by atoms with Crippen molar-refractivity contribution in [1.29, 1.82) is 0 Å². The van der Waals surface area contributed by atoms with Crippen molar-refractivity contribution in [2.75, 3.05) is 26.8 Å². The van der Waals surface area contributed by atoms with Gasteiger partial charge in [0.1, 0.15) is 18.0 Å². The number of carboxylic acids is 1. The van der Waals surface area contributed by atoms with Crippen molar-refractivity contribution >= 4 is 5.97 Å². The van der Waals surface area contributed by atoms with Gasteiger partial charge < -0.3 is 14.6 Å². The standard InChI is InChI=1S/C21H25NO4/c1-25-21(16-26-19-9-3-2-4-10-19)11-6-12-22(15-21)14-17-7-5-8-18(13-17)20(23)24/h2-5,7-10,13H,6,11-12,14-16H2,1H3,(H,23,24). The molecule has 1 N–H and O–H groups in total. The summed E-state index contributed by atoms with van der Waals surface area (Å²) in [5.74, 6) is -0.0526. The van der Waals surface area contributed by atoms with Gasteiger partial charge in [-0.05, 0) is 49.2 Å². The maximum Gasteiger partial charge on any atom is 0.335 e. The molecular weight excluding hydrogens is 330 g/mol. The summed E-state index contributed by atoms with van der Waals surface area (Å²) >= 11 is 0. The average Bonchev–Trinajstić information content (AvgIpc) is 2.68. The highest BCUT2D eigenvalue weighted by atomic mass is 16.5. The third-order valence-corrected chi connectivity index (χ3v) is 4.88. The topological polar surface area (TPSA) is 59.0 Å². The number of nitrogens with zero attached hydrogens (tertiary/aromatic N) is 1. The molecule has 2 aromatic rings. The number of likely N-dealkylation sites (tertiary alicyclic amines) is 1. The molecule has 3 rings (SSSR count). The first-order valence-electron chi connectivity index (χ1n) is 8.88. The van der Waals surface area contributed by atoms with Crippen LogP contribution in [0.15, 0.2) is 54.6 Å². The second kappa shape index (κ2) is 8.34. The number of methoxy groups -OCH3 is 1. The van der Waals surface area contributed by atoms with Crippen LogP contribution in [0.2, 0.25) is 0 Å². The molecule has 0 saturated carbocycles. The van der Waals surface area contributed by atoms with Crippen LogP contribution in [0.5, 0.6) is 5.75 Å². The molecular formula is C21H25NO4. The zero-order chi connectivity index (χ0) is 18.4. The SMILES string of the molecule is COC1(COc2ccccc2)CCCN(Cc2cccc(C(=O)O)c2)C1. The van der Waals surface area contributed by atoms with Crippen LogP contribution in [0.3, 0.4) is 0 Å². The fraction of sp³-hybridized carbons (Fsp3) is 0.381. The summed E-state index contributed by atoms with van der Waals surface area (Å²) in [6.45, 7) is 2.93. The van der Waals surface area contributed by atoms with E-state index in [1.54, 1.807) is 25.3 Å². The Balaban J connectivity index is 1.65. The molecule has 0 amide bonds. The lowest BCUT2D eigenvalue weighted by molar-refractivity contribution is -0.0908. The molecule has 1 saturated heterocycles. The Morgan fingerprint density at radius 1 is 1.19 bits per heavy atom. The number of ether oxygens (including phenoxy) is 2. The molecule has 1 heterocycles. The van der Waals surface area contributed by atoms with Gasteiger partial charge in [-0.15, -0.1) is 0 Å². The molecule has 5 nitrogen and oxygen atoms in total. The maximum absolute atomic E-state index is 11.2. The number of hydrogen-bond acceptors (Lipinski definition) is 4.